The molecular weight excluding hydrogens is 304 g/mol. The molecular formula is C19H20N2O3. The highest BCUT2D eigenvalue weighted by molar-refractivity contribution is 6.29. The van der Waals surface area contributed by atoms with Gasteiger partial charge in [0.25, 0.3) is 5.91 Å². The van der Waals surface area contributed by atoms with E-state index in [1.807, 2.05) is 25.1 Å². The van der Waals surface area contributed by atoms with E-state index in [2.05, 4.69) is 11.0 Å². The van der Waals surface area contributed by atoms with Gasteiger partial charge in [-0.1, -0.05) is 18.2 Å². The van der Waals surface area contributed by atoms with Crippen molar-refractivity contribution in [2.75, 3.05) is 31.2 Å². The maximum atomic E-state index is 12.9. The van der Waals surface area contributed by atoms with Crippen LogP contribution in [-0.2, 0) is 14.3 Å². The van der Waals surface area contributed by atoms with Crippen molar-refractivity contribution in [2.24, 2.45) is 5.92 Å². The molecule has 24 heavy (non-hydrogen) atoms. The third-order valence-corrected chi connectivity index (χ3v) is 4.95. The van der Waals surface area contributed by atoms with Crippen molar-refractivity contribution in [2.45, 2.75) is 13.3 Å². The topological polar surface area (TPSA) is 49.9 Å². The van der Waals surface area contributed by atoms with Gasteiger partial charge in [-0.05, 0) is 30.7 Å². The van der Waals surface area contributed by atoms with Crippen molar-refractivity contribution < 1.29 is 14.3 Å². The van der Waals surface area contributed by atoms with E-state index in [1.54, 1.807) is 12.1 Å². The minimum Gasteiger partial charge on any atom is -0.378 e. The third-order valence-electron chi connectivity index (χ3n) is 4.95. The minimum atomic E-state index is -0.361. The summed E-state index contributed by atoms with van der Waals surface area (Å²) in [5.41, 5.74) is 3.35. The molecule has 2 fully saturated rings. The Morgan fingerprint density at radius 1 is 1.08 bits per heavy atom. The summed E-state index contributed by atoms with van der Waals surface area (Å²) in [5, 5.41) is 0. The van der Waals surface area contributed by atoms with Crippen LogP contribution in [0.25, 0.3) is 0 Å². The summed E-state index contributed by atoms with van der Waals surface area (Å²) in [6, 6.07) is 9.18. The van der Waals surface area contributed by atoms with Crippen LogP contribution in [-0.4, -0.2) is 43.0 Å². The molecule has 2 amide bonds. The van der Waals surface area contributed by atoms with Crippen LogP contribution in [0.3, 0.4) is 0 Å². The molecule has 1 aromatic rings. The highest BCUT2D eigenvalue weighted by Crippen LogP contribution is 2.40. The lowest BCUT2D eigenvalue weighted by Crippen LogP contribution is -2.37. The molecule has 124 valence electrons. The number of rotatable bonds is 2. The molecule has 0 spiro atoms. The second kappa shape index (κ2) is 5.91. The SMILES string of the molecule is CC1=C2C(=O)N(c3ccccc3)C(=O)C2CC(N2CCOCC2)=C1. The maximum Gasteiger partial charge on any atom is 0.262 e. The summed E-state index contributed by atoms with van der Waals surface area (Å²) in [6.45, 7) is 5.03. The summed E-state index contributed by atoms with van der Waals surface area (Å²) >= 11 is 0. The molecule has 2 heterocycles. The Labute approximate surface area is 141 Å². The second-order valence-electron chi connectivity index (χ2n) is 6.40. The number of hydrogen-bond donors (Lipinski definition) is 0. The van der Waals surface area contributed by atoms with Crippen LogP contribution in [0.5, 0.6) is 0 Å². The number of imide groups is 1. The summed E-state index contributed by atoms with van der Waals surface area (Å²) in [7, 11) is 0. The predicted octanol–water partition coefficient (Wildman–Crippen LogP) is 2.11. The van der Waals surface area contributed by atoms with Crippen molar-refractivity contribution in [1.82, 2.24) is 4.90 Å². The third kappa shape index (κ3) is 2.36. The molecule has 0 N–H and O–H groups in total. The van der Waals surface area contributed by atoms with E-state index in [0.29, 0.717) is 30.9 Å². The van der Waals surface area contributed by atoms with Crippen molar-refractivity contribution >= 4 is 17.5 Å². The van der Waals surface area contributed by atoms with Crippen LogP contribution in [0.4, 0.5) is 5.69 Å². The normalized spacial score (nSPS) is 24.4. The Balaban J connectivity index is 1.66. The van der Waals surface area contributed by atoms with Gasteiger partial charge in [0.1, 0.15) is 0 Å². The molecule has 1 atom stereocenters. The number of benzene rings is 1. The summed E-state index contributed by atoms with van der Waals surface area (Å²) in [4.78, 5) is 29.4. The van der Waals surface area contributed by atoms with E-state index >= 15 is 0 Å². The molecule has 2 saturated heterocycles. The molecule has 0 radical (unpaired) electrons. The number of fused-ring (bicyclic) bond motifs is 1. The minimum absolute atomic E-state index is 0.112. The largest absolute Gasteiger partial charge is 0.378 e. The molecule has 1 unspecified atom stereocenters. The Kier molecular flexibility index (Phi) is 3.73. The molecule has 0 bridgehead atoms. The number of carbonyl (C=O) groups is 2. The van der Waals surface area contributed by atoms with Crippen molar-refractivity contribution in [3.63, 3.8) is 0 Å². The Hall–Kier alpha value is -2.40. The number of ether oxygens (including phenoxy) is 1. The molecule has 1 aromatic carbocycles. The van der Waals surface area contributed by atoms with Crippen LogP contribution in [0, 0.1) is 5.92 Å². The van der Waals surface area contributed by atoms with Gasteiger partial charge >= 0.3 is 0 Å². The molecule has 4 rings (SSSR count). The summed E-state index contributed by atoms with van der Waals surface area (Å²) in [6.07, 6.45) is 2.66. The van der Waals surface area contributed by atoms with Crippen LogP contribution < -0.4 is 4.90 Å². The summed E-state index contributed by atoms with van der Waals surface area (Å²) in [5.74, 6) is -0.647. The van der Waals surface area contributed by atoms with Gasteiger partial charge in [-0.2, -0.15) is 0 Å². The Morgan fingerprint density at radius 3 is 2.50 bits per heavy atom. The first-order valence-corrected chi connectivity index (χ1v) is 8.34. The number of hydrogen-bond acceptors (Lipinski definition) is 4. The first-order chi connectivity index (χ1) is 11.7. The zero-order valence-electron chi connectivity index (χ0n) is 13.7. The molecule has 3 aliphatic rings. The monoisotopic (exact) mass is 324 g/mol. The number of anilines is 1. The molecule has 5 nitrogen and oxygen atoms in total. The first-order valence-electron chi connectivity index (χ1n) is 8.34. The smallest absolute Gasteiger partial charge is 0.262 e. The maximum absolute atomic E-state index is 12.9. The number of morpholine rings is 1. The van der Waals surface area contributed by atoms with Gasteiger partial charge in [-0.25, -0.2) is 4.90 Å². The van der Waals surface area contributed by atoms with Gasteiger partial charge < -0.3 is 9.64 Å². The van der Waals surface area contributed by atoms with E-state index in [9.17, 15) is 9.59 Å². The van der Waals surface area contributed by atoms with Crippen molar-refractivity contribution in [3.8, 4) is 0 Å². The van der Waals surface area contributed by atoms with Crippen LogP contribution in [0.1, 0.15) is 13.3 Å². The fraction of sp³-hybridized carbons (Fsp3) is 0.368. The van der Waals surface area contributed by atoms with Crippen LogP contribution in [0.15, 0.2) is 53.3 Å². The van der Waals surface area contributed by atoms with E-state index in [1.165, 1.54) is 4.90 Å². The van der Waals surface area contributed by atoms with Gasteiger partial charge in [-0.3, -0.25) is 9.59 Å². The van der Waals surface area contributed by atoms with Crippen LogP contribution >= 0.6 is 0 Å². The number of para-hydroxylation sites is 1. The average Bonchev–Trinajstić information content (AvgIpc) is 2.87. The molecule has 0 saturated carbocycles. The van der Waals surface area contributed by atoms with E-state index in [-0.39, 0.29) is 17.7 Å². The Bertz CT molecular complexity index is 745. The Morgan fingerprint density at radius 2 is 1.79 bits per heavy atom. The van der Waals surface area contributed by atoms with E-state index < -0.39 is 0 Å². The zero-order chi connectivity index (χ0) is 16.7. The van der Waals surface area contributed by atoms with E-state index in [4.69, 9.17) is 4.74 Å². The zero-order valence-corrected chi connectivity index (χ0v) is 13.7. The van der Waals surface area contributed by atoms with Gasteiger partial charge in [0.15, 0.2) is 0 Å². The lowest BCUT2D eigenvalue weighted by molar-refractivity contribution is -0.122. The van der Waals surface area contributed by atoms with Crippen molar-refractivity contribution in [1.29, 1.82) is 0 Å². The van der Waals surface area contributed by atoms with E-state index in [0.717, 1.165) is 24.4 Å². The highest BCUT2D eigenvalue weighted by Gasteiger charge is 2.46. The second-order valence-corrected chi connectivity index (χ2v) is 6.40. The van der Waals surface area contributed by atoms with Gasteiger partial charge in [-0.15, -0.1) is 0 Å². The number of amides is 2. The fourth-order valence-electron chi connectivity index (χ4n) is 3.77. The molecule has 5 heteroatoms. The highest BCUT2D eigenvalue weighted by atomic mass is 16.5. The molecule has 1 aliphatic carbocycles. The first kappa shape index (κ1) is 15.1. The van der Waals surface area contributed by atoms with Gasteiger partial charge in [0, 0.05) is 30.8 Å². The molecule has 0 aromatic heterocycles. The number of nitrogens with zero attached hydrogens (tertiary/aromatic N) is 2. The lowest BCUT2D eigenvalue weighted by atomic mass is 9.87. The summed E-state index contributed by atoms with van der Waals surface area (Å²) < 4.78 is 5.41. The van der Waals surface area contributed by atoms with Gasteiger partial charge in [0.05, 0.1) is 24.8 Å². The van der Waals surface area contributed by atoms with Gasteiger partial charge in [0.2, 0.25) is 5.91 Å². The quantitative estimate of drug-likeness (QED) is 0.782. The van der Waals surface area contributed by atoms with Crippen LogP contribution in [0.2, 0.25) is 0 Å². The predicted molar refractivity (Wildman–Crippen MR) is 90.2 cm³/mol. The fourth-order valence-corrected chi connectivity index (χ4v) is 3.77. The van der Waals surface area contributed by atoms with Crippen molar-refractivity contribution in [3.05, 3.63) is 53.3 Å². The average molecular weight is 324 g/mol. The standard InChI is InChI=1S/C19H20N2O3/c1-13-11-15(20-7-9-24-10-8-20)12-16-17(13)19(23)21(18(16)22)14-5-3-2-4-6-14/h2-6,11,16H,7-10,12H2,1H3. The number of carbonyl (C=O) groups excluding carboxylic acids is 2. The number of allylic oxidation sites excluding steroid dienone is 3. The molecule has 2 aliphatic heterocycles. The lowest BCUT2D eigenvalue weighted by Gasteiger charge is -2.33.